The van der Waals surface area contributed by atoms with Crippen LogP contribution in [0.5, 0.6) is 11.5 Å². The smallest absolute Gasteiger partial charge is 0.268 e. The van der Waals surface area contributed by atoms with Crippen molar-refractivity contribution in [1.82, 2.24) is 14.1 Å². The second kappa shape index (κ2) is 23.5. The van der Waals surface area contributed by atoms with E-state index in [-0.39, 0.29) is 71.1 Å². The first kappa shape index (κ1) is 32.7. The van der Waals surface area contributed by atoms with Crippen LogP contribution in [0.4, 0.5) is 0 Å². The summed E-state index contributed by atoms with van der Waals surface area (Å²) in [6.07, 6.45) is 5.12. The summed E-state index contributed by atoms with van der Waals surface area (Å²) in [5.41, 5.74) is 0.316. The summed E-state index contributed by atoms with van der Waals surface area (Å²) in [6, 6.07) is 3.15. The molecule has 0 saturated carbocycles. The van der Waals surface area contributed by atoms with Crippen LogP contribution in [0, 0.1) is 18.5 Å². The molecular formula is C80H66N4OPtSi2-2. The number of benzene rings is 11. The normalized spacial score (nSPS) is 16.9. The quantitative estimate of drug-likeness (QED) is 0.0499. The number of ether oxygens (including phenoxy) is 1. The van der Waals surface area contributed by atoms with Gasteiger partial charge in [0.15, 0.2) is 16.1 Å². The number of rotatable bonds is 13. The monoisotopic (exact) mass is 1380 g/mol. The number of hydrogen-bond donors (Lipinski definition) is 0. The molecule has 0 atom stereocenters. The minimum absolute atomic E-state index is 0. The third-order valence-corrected chi connectivity index (χ3v) is 23.8. The molecule has 8 heteroatoms. The Morgan fingerprint density at radius 1 is 0.466 bits per heavy atom. The SMILES string of the molecule is [2H]c1c([2H])c([2H])c([Si](c2ccc3c(c2)n(-c2[c-]c(Oc4[c-]c5c(cc4)c4ccccc4n5-c4cc(C(C)(C)C)ccn4)ccc2)[c-][n+]3-c2c(C(C)(C)C)cccc2[Si](c2c([2H])c([2H])c([2H])c([2H])c2[2H])(c2c([2H])c([2H])c([2H])c([2H])c2[2H])c2c([2H])c([2H])c([2H])c([2H])c2[2H])(c2c([2H])c([2H])c([2H])c([2H])c2[2H])c2c([2H])c([2H])c([2H])c([2H])c2[2H])c([2H])c1[2H].[Pt]. The molecular weight excluding hydrogens is 1280 g/mol. The second-order valence-corrected chi connectivity index (χ2v) is 29.6. The largest absolute Gasteiger partial charge is 0.510 e. The first-order valence-corrected chi connectivity index (χ1v) is 31.6. The van der Waals surface area contributed by atoms with Crippen molar-refractivity contribution in [2.24, 2.45) is 0 Å². The van der Waals surface area contributed by atoms with E-state index < -0.39 is 239 Å². The number of para-hydroxylation sites is 2. The van der Waals surface area contributed by atoms with Crippen molar-refractivity contribution < 1.29 is 71.5 Å². The number of aromatic nitrogens is 4. The van der Waals surface area contributed by atoms with Gasteiger partial charge in [0.25, 0.3) is 6.33 Å². The van der Waals surface area contributed by atoms with Gasteiger partial charge in [0.2, 0.25) is 0 Å². The predicted octanol–water partition coefficient (Wildman–Crippen LogP) is 12.9. The zero-order valence-electron chi connectivity index (χ0n) is 77.9. The van der Waals surface area contributed by atoms with Crippen molar-refractivity contribution in [3.05, 3.63) is 320 Å². The predicted molar refractivity (Wildman–Crippen MR) is 365 cm³/mol. The Morgan fingerprint density at radius 2 is 0.989 bits per heavy atom. The van der Waals surface area contributed by atoms with Crippen molar-refractivity contribution >= 4 is 90.5 Å². The molecule has 0 radical (unpaired) electrons. The molecule has 0 aliphatic rings. The first-order chi connectivity index (χ1) is 54.8. The van der Waals surface area contributed by atoms with Crippen molar-refractivity contribution in [1.29, 1.82) is 0 Å². The van der Waals surface area contributed by atoms with Crippen LogP contribution < -0.4 is 50.8 Å². The van der Waals surface area contributed by atoms with Crippen molar-refractivity contribution in [3.63, 3.8) is 0 Å². The topological polar surface area (TPSA) is 35.9 Å². The summed E-state index contributed by atoms with van der Waals surface area (Å²) in [6.45, 7) is 11.4. The molecule has 0 saturated heterocycles. The van der Waals surface area contributed by atoms with Crippen molar-refractivity contribution in [2.45, 2.75) is 52.4 Å². The fourth-order valence-electron chi connectivity index (χ4n) is 11.5. The zero-order valence-corrected chi connectivity index (χ0v) is 52.2. The summed E-state index contributed by atoms with van der Waals surface area (Å²) in [5, 5.41) is -4.23. The second-order valence-electron chi connectivity index (χ2n) is 22.5. The van der Waals surface area contributed by atoms with Gasteiger partial charge in [0.05, 0.1) is 57.8 Å². The maximum Gasteiger partial charge on any atom is 0.268 e. The number of pyridine rings is 1. The average Bonchev–Trinajstić information content (AvgIpc) is 0.852. The Balaban J connectivity index is 0.0000121. The van der Waals surface area contributed by atoms with E-state index >= 15 is 0 Å². The Labute approximate surface area is 575 Å². The van der Waals surface area contributed by atoms with Crippen LogP contribution in [0.2, 0.25) is 0 Å². The Kier molecular flexibility index (Phi) is 8.71. The summed E-state index contributed by atoms with van der Waals surface area (Å²) in [7, 11) is -12.2. The van der Waals surface area contributed by atoms with Gasteiger partial charge in [-0.2, -0.15) is 18.2 Å². The van der Waals surface area contributed by atoms with E-state index in [1.807, 2.05) is 47.0 Å². The van der Waals surface area contributed by atoms with E-state index in [0.29, 0.717) is 11.3 Å². The van der Waals surface area contributed by atoms with Crippen LogP contribution >= 0.6 is 0 Å². The van der Waals surface area contributed by atoms with E-state index in [1.165, 1.54) is 51.6 Å². The van der Waals surface area contributed by atoms with E-state index in [4.69, 9.17) is 17.9 Å². The molecule has 14 rings (SSSR count). The van der Waals surface area contributed by atoms with Crippen LogP contribution in [0.25, 0.3) is 50.0 Å². The molecule has 11 aromatic carbocycles. The van der Waals surface area contributed by atoms with Crippen LogP contribution in [0.1, 0.15) is 93.8 Å². The summed E-state index contributed by atoms with van der Waals surface area (Å²) >= 11 is 0. The Bertz CT molecular complexity index is 6190. The van der Waals surface area contributed by atoms with Crippen LogP contribution in [0.3, 0.4) is 0 Å². The van der Waals surface area contributed by atoms with Crippen LogP contribution in [-0.2, 0) is 31.9 Å². The zero-order chi connectivity index (χ0) is 85.4. The molecule has 0 aliphatic heterocycles. The third-order valence-electron chi connectivity index (χ3n) is 15.4. The van der Waals surface area contributed by atoms with Gasteiger partial charge >= 0.3 is 0 Å². The maximum atomic E-state index is 10.1. The van der Waals surface area contributed by atoms with Gasteiger partial charge in [-0.25, -0.2) is 4.98 Å². The summed E-state index contributed by atoms with van der Waals surface area (Å²) in [4.78, 5) is 4.82. The standard InChI is InChI=1S/C80H66N4OSi2.Pt/c1-79(2,3)58-51-52-81-77(53-58)84-72-45-26-25-43-69(72)70-49-47-61(55-74(70)84)85-60-30-27-29-59(54-60)82-57-83(73-50-48-68(56-75(73)82)86(62-31-13-7-14-32-62,63-33-15-8-16-34-63)64-35-17-9-18-36-64)78-71(80(4,5)6)44-28-46-76(78)87(65-37-19-10-20-38-65,66-39-21-11-22-40-66)67-41-23-12-24-42-67;/h7-53,56H,1-6H3;/q-2;/i7D,8D,9D,10D,11D,12D,13D,14D,15D,16D,17D,18D,19D,20D,21D,22D,23D,24D,31D,32D,33D,34D,35D,36D,37D,38D,39D,40D,41D,42D;. The first-order valence-electron chi connectivity index (χ1n) is 42.6. The van der Waals surface area contributed by atoms with Crippen LogP contribution in [0.15, 0.2) is 291 Å². The fourth-order valence-corrected chi connectivity index (χ4v) is 19.3. The summed E-state index contributed by atoms with van der Waals surface area (Å²) in [5.74, 6) is 0.667. The Morgan fingerprint density at radius 3 is 1.53 bits per heavy atom. The van der Waals surface area contributed by atoms with Gasteiger partial charge in [-0.3, -0.25) is 4.57 Å². The molecule has 88 heavy (non-hydrogen) atoms. The van der Waals surface area contributed by atoms with Crippen molar-refractivity contribution in [2.75, 3.05) is 0 Å². The molecule has 0 N–H and O–H groups in total. The Hall–Kier alpha value is -9.24. The van der Waals surface area contributed by atoms with Gasteiger partial charge in [0.1, 0.15) is 5.82 Å². The number of nitrogens with zero attached hydrogens (tertiary/aromatic N) is 4. The average molecular weight is 1380 g/mol. The van der Waals surface area contributed by atoms with E-state index in [2.05, 4.69) is 39.2 Å². The molecule has 0 unspecified atom stereocenters. The minimum Gasteiger partial charge on any atom is -0.510 e. The third kappa shape index (κ3) is 10.0. The molecule has 3 aromatic heterocycles. The minimum atomic E-state index is -6.15. The molecule has 0 aliphatic carbocycles. The van der Waals surface area contributed by atoms with E-state index in [1.54, 1.807) is 45.2 Å². The molecule has 0 amide bonds. The number of imidazole rings is 1. The van der Waals surface area contributed by atoms with E-state index in [0.717, 1.165) is 21.9 Å². The number of fused-ring (bicyclic) bond motifs is 4. The van der Waals surface area contributed by atoms with Gasteiger partial charge in [-0.15, -0.1) is 29.7 Å². The van der Waals surface area contributed by atoms with E-state index in [9.17, 15) is 32.9 Å². The van der Waals surface area contributed by atoms with Gasteiger partial charge in [0, 0.05) is 44.3 Å². The molecule has 3 heterocycles. The maximum absolute atomic E-state index is 10.1. The molecule has 0 bridgehead atoms. The van der Waals surface area contributed by atoms with Gasteiger partial charge in [-0.05, 0) is 92.7 Å². The van der Waals surface area contributed by atoms with Crippen LogP contribution in [-0.4, -0.2) is 30.3 Å². The molecule has 5 nitrogen and oxygen atoms in total. The molecule has 14 aromatic rings. The molecule has 432 valence electrons. The fraction of sp³-hybridized carbons (Fsp3) is 0.100. The molecule has 0 spiro atoms. The molecule has 0 fully saturated rings. The van der Waals surface area contributed by atoms with Gasteiger partial charge in [-0.1, -0.05) is 283 Å². The van der Waals surface area contributed by atoms with Crippen molar-refractivity contribution in [3.8, 4) is 28.7 Å². The van der Waals surface area contributed by atoms with Gasteiger partial charge < -0.3 is 13.9 Å². The number of hydrogen-bond acceptors (Lipinski definition) is 2. The summed E-state index contributed by atoms with van der Waals surface area (Å²) < 4.78 is 298.